The molecule has 0 saturated heterocycles. The Bertz CT molecular complexity index is 596. The molecular weight excluding hydrogens is 378 g/mol. The molecule has 29 heavy (non-hydrogen) atoms. The third kappa shape index (κ3) is 13.9. The van der Waals surface area contributed by atoms with Crippen molar-refractivity contribution in [2.75, 3.05) is 6.54 Å². The van der Waals surface area contributed by atoms with Gasteiger partial charge in [0.15, 0.2) is 0 Å². The minimum Gasteiger partial charge on any atom is -0.211 e. The van der Waals surface area contributed by atoms with Gasteiger partial charge >= 0.3 is 0 Å². The third-order valence-electron chi connectivity index (χ3n) is 5.65. The average molecular weight is 424 g/mol. The predicted molar refractivity (Wildman–Crippen MR) is 126 cm³/mol. The summed E-state index contributed by atoms with van der Waals surface area (Å²) in [6.45, 7) is 4.77. The van der Waals surface area contributed by atoms with E-state index in [2.05, 4.69) is 11.6 Å². The Morgan fingerprint density at radius 1 is 0.621 bits per heavy atom. The van der Waals surface area contributed by atoms with Crippen LogP contribution in [0.4, 0.5) is 0 Å². The largest absolute Gasteiger partial charge is 0.240 e. The van der Waals surface area contributed by atoms with Crippen LogP contribution in [0.2, 0.25) is 0 Å². The molecule has 0 aliphatic heterocycles. The van der Waals surface area contributed by atoms with E-state index >= 15 is 0 Å². The van der Waals surface area contributed by atoms with Crippen molar-refractivity contribution in [1.29, 1.82) is 0 Å². The monoisotopic (exact) mass is 423 g/mol. The van der Waals surface area contributed by atoms with Gasteiger partial charge in [0.2, 0.25) is 10.0 Å². The molecule has 0 amide bonds. The lowest BCUT2D eigenvalue weighted by molar-refractivity contribution is 0.528. The van der Waals surface area contributed by atoms with Crippen LogP contribution in [0.5, 0.6) is 0 Å². The number of benzene rings is 1. The van der Waals surface area contributed by atoms with E-state index in [0.717, 1.165) is 18.4 Å². The van der Waals surface area contributed by atoms with Gasteiger partial charge in [0.25, 0.3) is 0 Å². The highest BCUT2D eigenvalue weighted by Gasteiger charge is 2.12. The van der Waals surface area contributed by atoms with Crippen LogP contribution in [-0.2, 0) is 10.0 Å². The van der Waals surface area contributed by atoms with Crippen LogP contribution in [0.15, 0.2) is 29.2 Å². The van der Waals surface area contributed by atoms with Crippen LogP contribution >= 0.6 is 0 Å². The summed E-state index contributed by atoms with van der Waals surface area (Å²) >= 11 is 0. The van der Waals surface area contributed by atoms with E-state index in [1.165, 1.54) is 89.9 Å². The number of hydrogen-bond acceptors (Lipinski definition) is 2. The van der Waals surface area contributed by atoms with Crippen molar-refractivity contribution in [3.63, 3.8) is 0 Å². The van der Waals surface area contributed by atoms with E-state index in [-0.39, 0.29) is 0 Å². The highest BCUT2D eigenvalue weighted by Crippen LogP contribution is 2.14. The maximum atomic E-state index is 12.2. The Kier molecular flexibility index (Phi) is 15.2. The van der Waals surface area contributed by atoms with E-state index in [4.69, 9.17) is 0 Å². The Balaban J connectivity index is 1.86. The minimum absolute atomic E-state index is 0.361. The van der Waals surface area contributed by atoms with Crippen LogP contribution in [0.25, 0.3) is 0 Å². The first-order valence-electron chi connectivity index (χ1n) is 12.1. The molecule has 0 aliphatic rings. The second kappa shape index (κ2) is 16.9. The summed E-state index contributed by atoms with van der Waals surface area (Å²) in [6, 6.07) is 7.02. The first kappa shape index (κ1) is 26.2. The van der Waals surface area contributed by atoms with E-state index in [1.54, 1.807) is 12.1 Å². The molecule has 0 fully saturated rings. The van der Waals surface area contributed by atoms with Crippen molar-refractivity contribution in [2.45, 2.75) is 121 Å². The Morgan fingerprint density at radius 2 is 1.00 bits per heavy atom. The van der Waals surface area contributed by atoms with Gasteiger partial charge in [0.05, 0.1) is 4.90 Å². The summed E-state index contributed by atoms with van der Waals surface area (Å²) in [5.41, 5.74) is 1.07. The molecule has 0 spiro atoms. The van der Waals surface area contributed by atoms with E-state index in [1.807, 2.05) is 19.1 Å². The number of nitrogens with one attached hydrogen (secondary N) is 1. The van der Waals surface area contributed by atoms with Gasteiger partial charge in [-0.15, -0.1) is 0 Å². The Morgan fingerprint density at radius 3 is 1.41 bits per heavy atom. The van der Waals surface area contributed by atoms with Gasteiger partial charge < -0.3 is 0 Å². The number of rotatable bonds is 19. The third-order valence-corrected chi connectivity index (χ3v) is 7.13. The first-order valence-corrected chi connectivity index (χ1v) is 13.6. The van der Waals surface area contributed by atoms with Crippen molar-refractivity contribution in [2.24, 2.45) is 0 Å². The van der Waals surface area contributed by atoms with Gasteiger partial charge in [-0.05, 0) is 25.5 Å². The Hall–Kier alpha value is -0.870. The van der Waals surface area contributed by atoms with Crippen molar-refractivity contribution in [3.05, 3.63) is 29.8 Å². The number of unbranched alkanes of at least 4 members (excludes halogenated alkanes) is 15. The fraction of sp³-hybridized carbons (Fsp3) is 0.760. The van der Waals surface area contributed by atoms with Gasteiger partial charge in [0.1, 0.15) is 0 Å². The lowest BCUT2D eigenvalue weighted by Gasteiger charge is -2.07. The maximum absolute atomic E-state index is 12.2. The standard InChI is InChI=1S/C25H45NO2S/c1-3-4-5-6-7-8-9-10-11-12-13-14-15-16-17-18-23-26-29(27,28)25-21-19-24(2)20-22-25/h19-22,26H,3-18,23H2,1-2H3. The first-order chi connectivity index (χ1) is 14.1. The van der Waals surface area contributed by atoms with E-state index < -0.39 is 10.0 Å². The molecule has 0 bridgehead atoms. The van der Waals surface area contributed by atoms with Crippen LogP contribution in [-0.4, -0.2) is 15.0 Å². The number of hydrogen-bond donors (Lipinski definition) is 1. The summed E-state index contributed by atoms with van der Waals surface area (Å²) in [6.07, 6.45) is 21.3. The lowest BCUT2D eigenvalue weighted by atomic mass is 10.0. The quantitative estimate of drug-likeness (QED) is 0.234. The van der Waals surface area contributed by atoms with E-state index in [9.17, 15) is 8.42 Å². The topological polar surface area (TPSA) is 46.2 Å². The number of aryl methyl sites for hydroxylation is 1. The smallest absolute Gasteiger partial charge is 0.211 e. The zero-order chi connectivity index (χ0) is 21.2. The zero-order valence-corrected chi connectivity index (χ0v) is 19.9. The molecule has 0 atom stereocenters. The summed E-state index contributed by atoms with van der Waals surface area (Å²) in [4.78, 5) is 0.361. The lowest BCUT2D eigenvalue weighted by Crippen LogP contribution is -2.24. The fourth-order valence-electron chi connectivity index (χ4n) is 3.68. The van der Waals surface area contributed by atoms with Gasteiger partial charge in [-0.2, -0.15) is 0 Å². The zero-order valence-electron chi connectivity index (χ0n) is 19.1. The highest BCUT2D eigenvalue weighted by molar-refractivity contribution is 7.89. The van der Waals surface area contributed by atoms with Gasteiger partial charge in [-0.3, -0.25) is 0 Å². The predicted octanol–water partition coefficient (Wildman–Crippen LogP) is 7.53. The summed E-state index contributed by atoms with van der Waals surface area (Å²) in [5, 5.41) is 0. The molecule has 0 aromatic heterocycles. The molecule has 1 N–H and O–H groups in total. The van der Waals surface area contributed by atoms with E-state index in [0.29, 0.717) is 11.4 Å². The molecular formula is C25H45NO2S. The van der Waals surface area contributed by atoms with Gasteiger partial charge in [0, 0.05) is 6.54 Å². The van der Waals surface area contributed by atoms with Crippen molar-refractivity contribution < 1.29 is 8.42 Å². The van der Waals surface area contributed by atoms with Crippen molar-refractivity contribution in [3.8, 4) is 0 Å². The highest BCUT2D eigenvalue weighted by atomic mass is 32.2. The molecule has 0 unspecified atom stereocenters. The normalized spacial score (nSPS) is 11.8. The number of sulfonamides is 1. The van der Waals surface area contributed by atoms with Crippen molar-refractivity contribution in [1.82, 2.24) is 4.72 Å². The van der Waals surface area contributed by atoms with Crippen LogP contribution in [0, 0.1) is 6.92 Å². The Labute approximate surface area is 181 Å². The molecule has 1 aromatic carbocycles. The van der Waals surface area contributed by atoms with Crippen LogP contribution in [0.1, 0.15) is 115 Å². The summed E-state index contributed by atoms with van der Waals surface area (Å²) in [5.74, 6) is 0. The molecule has 4 heteroatoms. The molecule has 1 aromatic rings. The summed E-state index contributed by atoms with van der Waals surface area (Å²) < 4.78 is 27.1. The summed E-state index contributed by atoms with van der Waals surface area (Å²) in [7, 11) is -3.35. The minimum atomic E-state index is -3.35. The van der Waals surface area contributed by atoms with Crippen molar-refractivity contribution >= 4 is 10.0 Å². The molecule has 1 rings (SSSR count). The molecule has 0 saturated carbocycles. The average Bonchev–Trinajstić information content (AvgIpc) is 2.70. The fourth-order valence-corrected chi connectivity index (χ4v) is 4.75. The molecule has 168 valence electrons. The van der Waals surface area contributed by atoms with Crippen LogP contribution < -0.4 is 4.72 Å². The maximum Gasteiger partial charge on any atom is 0.240 e. The van der Waals surface area contributed by atoms with Crippen LogP contribution in [0.3, 0.4) is 0 Å². The molecule has 0 aliphatic carbocycles. The second-order valence-corrected chi connectivity index (χ2v) is 10.3. The van der Waals surface area contributed by atoms with Gasteiger partial charge in [-0.1, -0.05) is 121 Å². The molecule has 3 nitrogen and oxygen atoms in total. The van der Waals surface area contributed by atoms with Gasteiger partial charge in [-0.25, -0.2) is 13.1 Å². The molecule has 0 heterocycles. The molecule has 0 radical (unpaired) electrons. The second-order valence-electron chi connectivity index (χ2n) is 8.51. The SMILES string of the molecule is CCCCCCCCCCCCCCCCCCNS(=O)(=O)c1ccc(C)cc1.